The Bertz CT molecular complexity index is 411. The van der Waals surface area contributed by atoms with Gasteiger partial charge in [0.2, 0.25) is 0 Å². The van der Waals surface area contributed by atoms with Crippen LogP contribution in [0.4, 0.5) is 4.79 Å². The van der Waals surface area contributed by atoms with Crippen molar-refractivity contribution in [2.45, 2.75) is 45.7 Å². The molecule has 1 N–H and O–H groups in total. The van der Waals surface area contributed by atoms with E-state index in [1.165, 1.54) is 11.1 Å². The van der Waals surface area contributed by atoms with E-state index < -0.39 is 0 Å². The molecule has 0 bridgehead atoms. The van der Waals surface area contributed by atoms with Crippen molar-refractivity contribution in [1.29, 1.82) is 0 Å². The number of likely N-dealkylation sites (tertiary alicyclic amines) is 1. The van der Waals surface area contributed by atoms with E-state index in [0.29, 0.717) is 0 Å². The van der Waals surface area contributed by atoms with Crippen LogP contribution in [-0.4, -0.2) is 23.5 Å². The van der Waals surface area contributed by atoms with Gasteiger partial charge in [-0.1, -0.05) is 29.8 Å². The lowest BCUT2D eigenvalue weighted by atomic mass is 10.0. The van der Waals surface area contributed by atoms with Crippen LogP contribution in [0.3, 0.4) is 0 Å². The van der Waals surface area contributed by atoms with Gasteiger partial charge in [0.25, 0.3) is 0 Å². The molecule has 0 aromatic heterocycles. The maximum atomic E-state index is 12.1. The minimum absolute atomic E-state index is 0.0630. The summed E-state index contributed by atoms with van der Waals surface area (Å²) in [6.07, 6.45) is 2.15. The minimum Gasteiger partial charge on any atom is -0.336 e. The van der Waals surface area contributed by atoms with Crippen molar-refractivity contribution in [1.82, 2.24) is 10.2 Å². The van der Waals surface area contributed by atoms with E-state index in [9.17, 15) is 4.79 Å². The SMILES string of the molecule is Cc1ccc(C2CCCN2C(=O)NC(C)C)cc1. The third-order valence-corrected chi connectivity index (χ3v) is 3.39. The molecule has 98 valence electrons. The van der Waals surface area contributed by atoms with Crippen LogP contribution >= 0.6 is 0 Å². The van der Waals surface area contributed by atoms with Gasteiger partial charge in [0.15, 0.2) is 0 Å². The molecule has 1 aliphatic rings. The highest BCUT2D eigenvalue weighted by Crippen LogP contribution is 2.31. The van der Waals surface area contributed by atoms with Gasteiger partial charge < -0.3 is 10.2 Å². The van der Waals surface area contributed by atoms with E-state index in [2.05, 4.69) is 36.5 Å². The summed E-state index contributed by atoms with van der Waals surface area (Å²) in [5, 5.41) is 2.98. The highest BCUT2D eigenvalue weighted by Gasteiger charge is 2.29. The number of hydrogen-bond acceptors (Lipinski definition) is 1. The summed E-state index contributed by atoms with van der Waals surface area (Å²) in [4.78, 5) is 14.1. The first kappa shape index (κ1) is 12.9. The zero-order valence-corrected chi connectivity index (χ0v) is 11.4. The summed E-state index contributed by atoms with van der Waals surface area (Å²) in [5.41, 5.74) is 2.51. The molecule has 1 unspecified atom stereocenters. The summed E-state index contributed by atoms with van der Waals surface area (Å²) in [5.74, 6) is 0. The maximum absolute atomic E-state index is 12.1. The van der Waals surface area contributed by atoms with Crippen molar-refractivity contribution in [2.24, 2.45) is 0 Å². The molecule has 1 aromatic rings. The van der Waals surface area contributed by atoms with Gasteiger partial charge in [0.05, 0.1) is 6.04 Å². The minimum atomic E-state index is 0.0630. The number of carbonyl (C=O) groups is 1. The molecular weight excluding hydrogens is 224 g/mol. The highest BCUT2D eigenvalue weighted by molar-refractivity contribution is 5.75. The molecule has 1 aromatic carbocycles. The summed E-state index contributed by atoms with van der Waals surface area (Å²) in [6, 6.07) is 9.01. The van der Waals surface area contributed by atoms with Crippen molar-refractivity contribution in [3.05, 3.63) is 35.4 Å². The number of rotatable bonds is 2. The normalized spacial score (nSPS) is 19.3. The molecule has 1 heterocycles. The molecular formula is C15H22N2O. The van der Waals surface area contributed by atoms with Crippen molar-refractivity contribution < 1.29 is 4.79 Å². The smallest absolute Gasteiger partial charge is 0.318 e. The summed E-state index contributed by atoms with van der Waals surface area (Å²) in [6.45, 7) is 6.93. The molecule has 1 saturated heterocycles. The van der Waals surface area contributed by atoms with Gasteiger partial charge in [0.1, 0.15) is 0 Å². The molecule has 3 nitrogen and oxygen atoms in total. The fourth-order valence-electron chi connectivity index (χ4n) is 2.47. The number of hydrogen-bond donors (Lipinski definition) is 1. The number of nitrogens with zero attached hydrogens (tertiary/aromatic N) is 1. The Morgan fingerprint density at radius 3 is 2.61 bits per heavy atom. The first-order chi connectivity index (χ1) is 8.58. The maximum Gasteiger partial charge on any atom is 0.318 e. The Balaban J connectivity index is 2.12. The number of carbonyl (C=O) groups excluding carboxylic acids is 1. The van der Waals surface area contributed by atoms with E-state index in [-0.39, 0.29) is 18.1 Å². The number of amides is 2. The molecule has 1 fully saturated rings. The zero-order valence-electron chi connectivity index (χ0n) is 11.4. The van der Waals surface area contributed by atoms with Crippen LogP contribution in [0.15, 0.2) is 24.3 Å². The molecule has 1 aliphatic heterocycles. The molecule has 1 atom stereocenters. The van der Waals surface area contributed by atoms with Gasteiger partial charge in [-0.15, -0.1) is 0 Å². The standard InChI is InChI=1S/C15H22N2O/c1-11(2)16-15(18)17-10-4-5-14(17)13-8-6-12(3)7-9-13/h6-9,11,14H,4-5,10H2,1-3H3,(H,16,18). The van der Waals surface area contributed by atoms with Crippen molar-refractivity contribution in [2.75, 3.05) is 6.54 Å². The van der Waals surface area contributed by atoms with Gasteiger partial charge in [-0.2, -0.15) is 0 Å². The van der Waals surface area contributed by atoms with Gasteiger partial charge in [-0.3, -0.25) is 0 Å². The Labute approximate surface area is 109 Å². The van der Waals surface area contributed by atoms with Crippen LogP contribution in [0.5, 0.6) is 0 Å². The van der Waals surface area contributed by atoms with Crippen LogP contribution in [0, 0.1) is 6.92 Å². The lowest BCUT2D eigenvalue weighted by Crippen LogP contribution is -2.42. The fourth-order valence-corrected chi connectivity index (χ4v) is 2.47. The molecule has 3 heteroatoms. The zero-order chi connectivity index (χ0) is 13.1. The van der Waals surface area contributed by atoms with Crippen LogP contribution in [-0.2, 0) is 0 Å². The average molecular weight is 246 g/mol. The van der Waals surface area contributed by atoms with E-state index in [1.54, 1.807) is 0 Å². The molecule has 2 rings (SSSR count). The number of benzene rings is 1. The number of nitrogens with one attached hydrogen (secondary N) is 1. The molecule has 2 amide bonds. The highest BCUT2D eigenvalue weighted by atomic mass is 16.2. The van der Waals surface area contributed by atoms with Crippen molar-refractivity contribution in [3.63, 3.8) is 0 Å². The lowest BCUT2D eigenvalue weighted by molar-refractivity contribution is 0.190. The fraction of sp³-hybridized carbons (Fsp3) is 0.533. The van der Waals surface area contributed by atoms with Crippen LogP contribution in [0.1, 0.15) is 43.9 Å². The Morgan fingerprint density at radius 1 is 1.33 bits per heavy atom. The predicted molar refractivity (Wildman–Crippen MR) is 73.5 cm³/mol. The van der Waals surface area contributed by atoms with E-state index >= 15 is 0 Å². The van der Waals surface area contributed by atoms with Crippen LogP contribution in [0.25, 0.3) is 0 Å². The predicted octanol–water partition coefficient (Wildman–Crippen LogP) is 3.25. The monoisotopic (exact) mass is 246 g/mol. The van der Waals surface area contributed by atoms with E-state index in [4.69, 9.17) is 0 Å². The third-order valence-electron chi connectivity index (χ3n) is 3.39. The van der Waals surface area contributed by atoms with Gasteiger partial charge >= 0.3 is 6.03 Å². The number of urea groups is 1. The second-order valence-corrected chi connectivity index (χ2v) is 5.37. The topological polar surface area (TPSA) is 32.3 Å². The molecule has 0 spiro atoms. The Morgan fingerprint density at radius 2 is 2.00 bits per heavy atom. The second-order valence-electron chi connectivity index (χ2n) is 5.37. The van der Waals surface area contributed by atoms with Crippen LogP contribution in [0.2, 0.25) is 0 Å². The Hall–Kier alpha value is -1.51. The Kier molecular flexibility index (Phi) is 3.90. The van der Waals surface area contributed by atoms with Gasteiger partial charge in [-0.05, 0) is 39.2 Å². The lowest BCUT2D eigenvalue weighted by Gasteiger charge is -2.26. The van der Waals surface area contributed by atoms with E-state index in [0.717, 1.165) is 19.4 Å². The average Bonchev–Trinajstić information content (AvgIpc) is 2.78. The summed E-state index contributed by atoms with van der Waals surface area (Å²) >= 11 is 0. The first-order valence-corrected chi connectivity index (χ1v) is 6.71. The molecule has 18 heavy (non-hydrogen) atoms. The van der Waals surface area contributed by atoms with Gasteiger partial charge in [0, 0.05) is 12.6 Å². The van der Waals surface area contributed by atoms with Gasteiger partial charge in [-0.25, -0.2) is 4.79 Å². The summed E-state index contributed by atoms with van der Waals surface area (Å²) < 4.78 is 0. The van der Waals surface area contributed by atoms with Crippen molar-refractivity contribution in [3.8, 4) is 0 Å². The largest absolute Gasteiger partial charge is 0.336 e. The number of aryl methyl sites for hydroxylation is 1. The molecule has 0 aliphatic carbocycles. The second kappa shape index (κ2) is 5.42. The quantitative estimate of drug-likeness (QED) is 0.853. The third kappa shape index (κ3) is 2.84. The van der Waals surface area contributed by atoms with Crippen molar-refractivity contribution >= 4 is 6.03 Å². The summed E-state index contributed by atoms with van der Waals surface area (Å²) in [7, 11) is 0. The first-order valence-electron chi connectivity index (χ1n) is 6.71. The molecule has 0 saturated carbocycles. The van der Waals surface area contributed by atoms with E-state index in [1.807, 2.05) is 18.7 Å². The molecule has 0 radical (unpaired) electrons. The van der Waals surface area contributed by atoms with Crippen LogP contribution < -0.4 is 5.32 Å².